The molecule has 0 aliphatic rings. The van der Waals surface area contributed by atoms with Gasteiger partial charge in [0.25, 0.3) is 5.91 Å². The lowest BCUT2D eigenvalue weighted by Crippen LogP contribution is -2.16. The van der Waals surface area contributed by atoms with Gasteiger partial charge in [0.05, 0.1) is 28.5 Å². The van der Waals surface area contributed by atoms with Crippen LogP contribution in [-0.2, 0) is 6.54 Å². The number of carbonyl (C=O) groups excluding carboxylic acids is 1. The maximum atomic E-state index is 12.5. The molecule has 6 nitrogen and oxygen atoms in total. The molecule has 2 aromatic heterocycles. The highest BCUT2D eigenvalue weighted by molar-refractivity contribution is 6.44. The molecule has 1 aromatic carbocycles. The first kappa shape index (κ1) is 17.3. The van der Waals surface area contributed by atoms with Crippen LogP contribution in [-0.4, -0.2) is 15.9 Å². The van der Waals surface area contributed by atoms with Crippen LogP contribution in [0.25, 0.3) is 0 Å². The molecular formula is C17H14Cl2N4O2. The lowest BCUT2D eigenvalue weighted by molar-refractivity contribution is 0.102. The van der Waals surface area contributed by atoms with Crippen molar-refractivity contribution >= 4 is 40.6 Å². The molecular weight excluding hydrogens is 363 g/mol. The number of amides is 1. The van der Waals surface area contributed by atoms with Crippen LogP contribution < -0.4 is 10.6 Å². The zero-order valence-corrected chi connectivity index (χ0v) is 14.7. The van der Waals surface area contributed by atoms with Crippen molar-refractivity contribution in [1.29, 1.82) is 0 Å². The zero-order valence-electron chi connectivity index (χ0n) is 13.2. The molecule has 0 aliphatic heterocycles. The Kier molecular flexibility index (Phi) is 5.21. The van der Waals surface area contributed by atoms with Gasteiger partial charge in [-0.05, 0) is 31.2 Å². The van der Waals surface area contributed by atoms with Crippen LogP contribution in [0.5, 0.6) is 0 Å². The summed E-state index contributed by atoms with van der Waals surface area (Å²) in [7, 11) is 0. The van der Waals surface area contributed by atoms with Crippen molar-refractivity contribution in [2.75, 3.05) is 10.6 Å². The van der Waals surface area contributed by atoms with E-state index in [1.165, 1.54) is 0 Å². The third kappa shape index (κ3) is 4.29. The molecule has 2 N–H and O–H groups in total. The smallest absolute Gasteiger partial charge is 0.274 e. The fraction of sp³-hybridized carbons (Fsp3) is 0.118. The second kappa shape index (κ2) is 7.55. The second-order valence-corrected chi connectivity index (χ2v) is 5.96. The van der Waals surface area contributed by atoms with E-state index in [0.29, 0.717) is 28.9 Å². The summed E-state index contributed by atoms with van der Waals surface area (Å²) in [4.78, 5) is 20.9. The molecule has 2 heterocycles. The van der Waals surface area contributed by atoms with Gasteiger partial charge < -0.3 is 15.1 Å². The summed E-state index contributed by atoms with van der Waals surface area (Å²) in [6.45, 7) is 2.16. The van der Waals surface area contributed by atoms with Crippen molar-refractivity contribution < 1.29 is 9.21 Å². The highest BCUT2D eigenvalue weighted by Crippen LogP contribution is 2.29. The molecule has 8 heteroatoms. The van der Waals surface area contributed by atoms with Gasteiger partial charge in [-0.1, -0.05) is 29.3 Å². The number of hydrogen-bond donors (Lipinski definition) is 2. The monoisotopic (exact) mass is 376 g/mol. The van der Waals surface area contributed by atoms with Crippen molar-refractivity contribution in [3.05, 3.63) is 70.0 Å². The molecule has 1 amide bonds. The number of carbonyl (C=O) groups is 1. The highest BCUT2D eigenvalue weighted by Gasteiger charge is 2.13. The summed E-state index contributed by atoms with van der Waals surface area (Å²) in [5, 5.41) is 6.43. The van der Waals surface area contributed by atoms with Gasteiger partial charge in [-0.15, -0.1) is 0 Å². The molecule has 0 fully saturated rings. The van der Waals surface area contributed by atoms with Crippen LogP contribution >= 0.6 is 23.2 Å². The Balaban J connectivity index is 1.76. The van der Waals surface area contributed by atoms with Crippen LogP contribution in [0.3, 0.4) is 0 Å². The minimum Gasteiger partial charge on any atom is -0.467 e. The third-order valence-electron chi connectivity index (χ3n) is 3.29. The Labute approximate surface area is 154 Å². The number of nitrogens with one attached hydrogen (secondary N) is 2. The summed E-state index contributed by atoms with van der Waals surface area (Å²) < 4.78 is 5.25. The number of halogens is 2. The fourth-order valence-electron chi connectivity index (χ4n) is 2.15. The van der Waals surface area contributed by atoms with E-state index in [9.17, 15) is 4.79 Å². The van der Waals surface area contributed by atoms with Gasteiger partial charge in [-0.2, -0.15) is 0 Å². The Hall–Kier alpha value is -2.57. The molecule has 0 bridgehead atoms. The van der Waals surface area contributed by atoms with E-state index in [1.54, 1.807) is 43.5 Å². The first-order chi connectivity index (χ1) is 12.0. The van der Waals surface area contributed by atoms with Crippen LogP contribution in [0.4, 0.5) is 11.5 Å². The predicted octanol–water partition coefficient (Wildman–Crippen LogP) is 4.55. The summed E-state index contributed by atoms with van der Waals surface area (Å²) in [5.74, 6) is 1.33. The summed E-state index contributed by atoms with van der Waals surface area (Å²) >= 11 is 12.0. The minimum absolute atomic E-state index is 0.213. The SMILES string of the molecule is Cc1nc(NCc2ccco2)cc(C(=O)Nc2cccc(Cl)c2Cl)n1. The molecule has 0 atom stereocenters. The lowest BCUT2D eigenvalue weighted by atomic mass is 10.3. The van der Waals surface area contributed by atoms with Crippen LogP contribution in [0.15, 0.2) is 47.1 Å². The number of nitrogens with zero attached hydrogens (tertiary/aromatic N) is 2. The fourth-order valence-corrected chi connectivity index (χ4v) is 2.50. The van der Waals surface area contributed by atoms with Crippen molar-refractivity contribution in [3.8, 4) is 0 Å². The van der Waals surface area contributed by atoms with Crippen molar-refractivity contribution in [1.82, 2.24) is 9.97 Å². The number of aromatic nitrogens is 2. The van der Waals surface area contributed by atoms with E-state index in [-0.39, 0.29) is 10.7 Å². The summed E-state index contributed by atoms with van der Waals surface area (Å²) in [6, 6.07) is 10.2. The van der Waals surface area contributed by atoms with E-state index < -0.39 is 5.91 Å². The van der Waals surface area contributed by atoms with Gasteiger partial charge in [-0.25, -0.2) is 9.97 Å². The first-order valence-electron chi connectivity index (χ1n) is 7.40. The van der Waals surface area contributed by atoms with E-state index in [1.807, 2.05) is 6.07 Å². The number of hydrogen-bond acceptors (Lipinski definition) is 5. The van der Waals surface area contributed by atoms with Gasteiger partial charge in [-0.3, -0.25) is 4.79 Å². The van der Waals surface area contributed by atoms with Gasteiger partial charge in [0.15, 0.2) is 0 Å². The molecule has 3 aromatic rings. The topological polar surface area (TPSA) is 80.0 Å². The van der Waals surface area contributed by atoms with Crippen LogP contribution in [0.1, 0.15) is 22.1 Å². The molecule has 0 radical (unpaired) electrons. The van der Waals surface area contributed by atoms with E-state index in [4.69, 9.17) is 27.6 Å². The largest absolute Gasteiger partial charge is 0.467 e. The number of furan rings is 1. The van der Waals surface area contributed by atoms with E-state index in [2.05, 4.69) is 20.6 Å². The Morgan fingerprint density at radius 1 is 1.20 bits per heavy atom. The quantitative estimate of drug-likeness (QED) is 0.682. The molecule has 0 unspecified atom stereocenters. The van der Waals surface area contributed by atoms with E-state index >= 15 is 0 Å². The maximum Gasteiger partial charge on any atom is 0.274 e. The number of rotatable bonds is 5. The predicted molar refractivity (Wildman–Crippen MR) is 97.2 cm³/mol. The third-order valence-corrected chi connectivity index (χ3v) is 4.11. The average Bonchev–Trinajstić information content (AvgIpc) is 3.10. The standard InChI is InChI=1S/C17H14Cl2N4O2/c1-10-21-14(8-15(22-10)20-9-11-4-3-7-25-11)17(24)23-13-6-2-5-12(18)16(13)19/h2-8H,9H2,1H3,(H,23,24)(H,20,21,22). The number of benzene rings is 1. The summed E-state index contributed by atoms with van der Waals surface area (Å²) in [6.07, 6.45) is 1.59. The van der Waals surface area contributed by atoms with Gasteiger partial charge in [0.2, 0.25) is 0 Å². The normalized spacial score (nSPS) is 10.5. The van der Waals surface area contributed by atoms with Gasteiger partial charge in [0, 0.05) is 6.07 Å². The molecule has 128 valence electrons. The minimum atomic E-state index is -0.407. The molecule has 0 spiro atoms. The Morgan fingerprint density at radius 3 is 2.80 bits per heavy atom. The first-order valence-corrected chi connectivity index (χ1v) is 8.16. The zero-order chi connectivity index (χ0) is 17.8. The summed E-state index contributed by atoms with van der Waals surface area (Å²) in [5.41, 5.74) is 0.631. The molecule has 0 aliphatic carbocycles. The van der Waals surface area contributed by atoms with Crippen molar-refractivity contribution in [2.45, 2.75) is 13.5 Å². The second-order valence-electron chi connectivity index (χ2n) is 5.17. The number of anilines is 2. The molecule has 3 rings (SSSR count). The molecule has 25 heavy (non-hydrogen) atoms. The Morgan fingerprint density at radius 2 is 2.04 bits per heavy atom. The van der Waals surface area contributed by atoms with Crippen molar-refractivity contribution in [3.63, 3.8) is 0 Å². The van der Waals surface area contributed by atoms with E-state index in [0.717, 1.165) is 5.76 Å². The lowest BCUT2D eigenvalue weighted by Gasteiger charge is -2.10. The maximum absolute atomic E-state index is 12.5. The Bertz CT molecular complexity index is 898. The molecule has 0 saturated carbocycles. The van der Waals surface area contributed by atoms with Crippen molar-refractivity contribution in [2.24, 2.45) is 0 Å². The highest BCUT2D eigenvalue weighted by atomic mass is 35.5. The van der Waals surface area contributed by atoms with Gasteiger partial charge >= 0.3 is 0 Å². The molecule has 0 saturated heterocycles. The average molecular weight is 377 g/mol. The van der Waals surface area contributed by atoms with Crippen LogP contribution in [0.2, 0.25) is 10.0 Å². The van der Waals surface area contributed by atoms with Gasteiger partial charge in [0.1, 0.15) is 23.1 Å². The number of aryl methyl sites for hydroxylation is 1. The van der Waals surface area contributed by atoms with Crippen LogP contribution in [0, 0.1) is 6.92 Å².